The molecular weight excluding hydrogens is 376 g/mol. The standard InChI is InChI=1S/C20H28N4O3S/c1-16-11-17(2)14-22(13-16)15-20(25)23-7-9-24(10-8-23)28(26,27)19-6-4-3-5-18(19)12-21/h3-6,16-17H,7-11,13-15H2,1-2H3/t16-,17+. The Bertz CT molecular complexity index is 846. The number of carbonyl (C=O) groups excluding carboxylic acids is 1. The van der Waals surface area contributed by atoms with E-state index in [4.69, 9.17) is 0 Å². The molecule has 0 aromatic heterocycles. The molecule has 3 rings (SSSR count). The molecule has 152 valence electrons. The lowest BCUT2D eigenvalue weighted by Gasteiger charge is -2.38. The highest BCUT2D eigenvalue weighted by Crippen LogP contribution is 2.22. The second-order valence-corrected chi connectivity index (χ2v) is 9.94. The normalized spacial score (nSPS) is 24.7. The molecule has 0 bridgehead atoms. The van der Waals surface area contributed by atoms with Gasteiger partial charge in [-0.25, -0.2) is 8.42 Å². The number of hydrogen-bond acceptors (Lipinski definition) is 5. The maximum absolute atomic E-state index is 12.9. The Balaban J connectivity index is 1.59. The van der Waals surface area contributed by atoms with Crippen LogP contribution in [0.25, 0.3) is 0 Å². The molecule has 28 heavy (non-hydrogen) atoms. The van der Waals surface area contributed by atoms with Crippen LogP contribution in [0.1, 0.15) is 25.8 Å². The number of piperazine rings is 1. The topological polar surface area (TPSA) is 84.7 Å². The summed E-state index contributed by atoms with van der Waals surface area (Å²) in [5.41, 5.74) is 0.148. The first-order valence-corrected chi connectivity index (χ1v) is 11.2. The van der Waals surface area contributed by atoms with Gasteiger partial charge in [-0.3, -0.25) is 9.69 Å². The summed E-state index contributed by atoms with van der Waals surface area (Å²) in [6.07, 6.45) is 1.20. The molecule has 0 radical (unpaired) electrons. The third-order valence-corrected chi connectivity index (χ3v) is 7.48. The van der Waals surface area contributed by atoms with Crippen molar-refractivity contribution in [3.05, 3.63) is 29.8 Å². The largest absolute Gasteiger partial charge is 0.339 e. The first-order chi connectivity index (χ1) is 13.3. The van der Waals surface area contributed by atoms with Gasteiger partial charge < -0.3 is 4.90 Å². The van der Waals surface area contributed by atoms with Crippen molar-refractivity contribution in [3.63, 3.8) is 0 Å². The quantitative estimate of drug-likeness (QED) is 0.757. The Labute approximate surface area is 167 Å². The van der Waals surface area contributed by atoms with Crippen molar-refractivity contribution in [3.8, 4) is 6.07 Å². The van der Waals surface area contributed by atoms with Crippen LogP contribution < -0.4 is 0 Å². The summed E-state index contributed by atoms with van der Waals surface area (Å²) in [6.45, 7) is 7.98. The summed E-state index contributed by atoms with van der Waals surface area (Å²) in [5, 5.41) is 9.20. The zero-order valence-electron chi connectivity index (χ0n) is 16.5. The van der Waals surface area contributed by atoms with Crippen LogP contribution in [0.2, 0.25) is 0 Å². The van der Waals surface area contributed by atoms with Gasteiger partial charge in [0.15, 0.2) is 0 Å². The molecule has 0 aliphatic carbocycles. The average Bonchev–Trinajstić information content (AvgIpc) is 2.67. The predicted molar refractivity (Wildman–Crippen MR) is 106 cm³/mol. The maximum atomic E-state index is 12.9. The second-order valence-electron chi connectivity index (χ2n) is 8.03. The highest BCUT2D eigenvalue weighted by atomic mass is 32.2. The highest BCUT2D eigenvalue weighted by molar-refractivity contribution is 7.89. The third-order valence-electron chi connectivity index (χ3n) is 5.52. The number of rotatable bonds is 4. The van der Waals surface area contributed by atoms with Crippen molar-refractivity contribution < 1.29 is 13.2 Å². The molecule has 1 aromatic rings. The Morgan fingerprint density at radius 3 is 2.32 bits per heavy atom. The molecule has 0 spiro atoms. The van der Waals surface area contributed by atoms with Gasteiger partial charge >= 0.3 is 0 Å². The van der Waals surface area contributed by atoms with E-state index in [0.29, 0.717) is 31.5 Å². The van der Waals surface area contributed by atoms with Gasteiger partial charge in [0.05, 0.1) is 17.0 Å². The Hall–Kier alpha value is -1.95. The van der Waals surface area contributed by atoms with E-state index in [1.54, 1.807) is 17.0 Å². The molecule has 2 aliphatic rings. The van der Waals surface area contributed by atoms with Crippen LogP contribution >= 0.6 is 0 Å². The van der Waals surface area contributed by atoms with E-state index in [1.165, 1.54) is 22.9 Å². The van der Waals surface area contributed by atoms with Gasteiger partial charge in [-0.05, 0) is 30.4 Å². The predicted octanol–water partition coefficient (Wildman–Crippen LogP) is 1.37. The molecule has 0 unspecified atom stereocenters. The van der Waals surface area contributed by atoms with E-state index in [2.05, 4.69) is 18.7 Å². The fourth-order valence-electron chi connectivity index (χ4n) is 4.31. The van der Waals surface area contributed by atoms with Crippen LogP contribution in [0.4, 0.5) is 0 Å². The van der Waals surface area contributed by atoms with Crippen molar-refractivity contribution in [1.29, 1.82) is 5.26 Å². The minimum atomic E-state index is -3.73. The molecule has 7 nitrogen and oxygen atoms in total. The van der Waals surface area contributed by atoms with Gasteiger partial charge in [0, 0.05) is 39.3 Å². The van der Waals surface area contributed by atoms with Crippen molar-refractivity contribution >= 4 is 15.9 Å². The number of nitriles is 1. The van der Waals surface area contributed by atoms with E-state index in [9.17, 15) is 18.5 Å². The number of hydrogen-bond donors (Lipinski definition) is 0. The van der Waals surface area contributed by atoms with Crippen LogP contribution in [-0.4, -0.2) is 74.2 Å². The van der Waals surface area contributed by atoms with Gasteiger partial charge in [-0.15, -0.1) is 0 Å². The fraction of sp³-hybridized carbons (Fsp3) is 0.600. The number of benzene rings is 1. The number of sulfonamides is 1. The van der Waals surface area contributed by atoms with Gasteiger partial charge in [-0.2, -0.15) is 9.57 Å². The minimum Gasteiger partial charge on any atom is -0.339 e. The molecule has 0 N–H and O–H groups in total. The summed E-state index contributed by atoms with van der Waals surface area (Å²) < 4.78 is 27.2. The average molecular weight is 405 g/mol. The van der Waals surface area contributed by atoms with Crippen molar-refractivity contribution in [1.82, 2.24) is 14.1 Å². The molecule has 2 heterocycles. The number of likely N-dealkylation sites (tertiary alicyclic amines) is 1. The lowest BCUT2D eigenvalue weighted by atomic mass is 9.92. The van der Waals surface area contributed by atoms with E-state index >= 15 is 0 Å². The number of carbonyl (C=O) groups is 1. The molecule has 2 aliphatic heterocycles. The van der Waals surface area contributed by atoms with Crippen molar-refractivity contribution in [2.24, 2.45) is 11.8 Å². The Kier molecular flexibility index (Phi) is 6.38. The van der Waals surface area contributed by atoms with Crippen LogP contribution in [0.3, 0.4) is 0 Å². The summed E-state index contributed by atoms with van der Waals surface area (Å²) in [7, 11) is -3.73. The van der Waals surface area contributed by atoms with Crippen LogP contribution in [-0.2, 0) is 14.8 Å². The zero-order valence-corrected chi connectivity index (χ0v) is 17.4. The smallest absolute Gasteiger partial charge is 0.244 e. The van der Waals surface area contributed by atoms with E-state index < -0.39 is 10.0 Å². The molecule has 1 aromatic carbocycles. The van der Waals surface area contributed by atoms with Crippen molar-refractivity contribution in [2.75, 3.05) is 45.8 Å². The van der Waals surface area contributed by atoms with Gasteiger partial charge in [0.2, 0.25) is 15.9 Å². The highest BCUT2D eigenvalue weighted by Gasteiger charge is 2.32. The first-order valence-electron chi connectivity index (χ1n) is 9.80. The van der Waals surface area contributed by atoms with E-state index in [-0.39, 0.29) is 29.5 Å². The molecule has 0 saturated carbocycles. The zero-order chi connectivity index (χ0) is 20.3. The first kappa shape index (κ1) is 20.8. The van der Waals surface area contributed by atoms with E-state index in [1.807, 2.05) is 6.07 Å². The number of amides is 1. The van der Waals surface area contributed by atoms with Crippen molar-refractivity contribution in [2.45, 2.75) is 25.2 Å². The monoisotopic (exact) mass is 404 g/mol. The Morgan fingerprint density at radius 2 is 1.71 bits per heavy atom. The number of piperidine rings is 1. The maximum Gasteiger partial charge on any atom is 0.244 e. The second kappa shape index (κ2) is 8.60. The summed E-state index contributed by atoms with van der Waals surface area (Å²) in [4.78, 5) is 16.7. The van der Waals surface area contributed by atoms with Crippen LogP contribution in [0.5, 0.6) is 0 Å². The molecule has 2 fully saturated rings. The summed E-state index contributed by atoms with van der Waals surface area (Å²) in [6, 6.07) is 8.18. The molecule has 2 atom stereocenters. The fourth-order valence-corrected chi connectivity index (χ4v) is 5.88. The molecule has 1 amide bonds. The molecule has 8 heteroatoms. The molecular formula is C20H28N4O3S. The minimum absolute atomic E-state index is 0.0357. The van der Waals surface area contributed by atoms with Gasteiger partial charge in [-0.1, -0.05) is 26.0 Å². The summed E-state index contributed by atoms with van der Waals surface area (Å²) >= 11 is 0. The van der Waals surface area contributed by atoms with Gasteiger partial charge in [0.1, 0.15) is 6.07 Å². The SMILES string of the molecule is C[C@@H]1C[C@H](C)CN(CC(=O)N2CCN(S(=O)(=O)c3ccccc3C#N)CC2)C1. The summed E-state index contributed by atoms with van der Waals surface area (Å²) in [5.74, 6) is 1.26. The number of nitrogens with zero attached hydrogens (tertiary/aromatic N) is 4. The lowest BCUT2D eigenvalue weighted by Crippen LogP contribution is -2.53. The Morgan fingerprint density at radius 1 is 1.11 bits per heavy atom. The lowest BCUT2D eigenvalue weighted by molar-refractivity contribution is -0.134. The van der Waals surface area contributed by atoms with Gasteiger partial charge in [0.25, 0.3) is 0 Å². The molecule has 2 saturated heterocycles. The third kappa shape index (κ3) is 4.54. The van der Waals surface area contributed by atoms with E-state index in [0.717, 1.165) is 13.1 Å². The van der Waals surface area contributed by atoms with Crippen LogP contribution in [0.15, 0.2) is 29.2 Å². The van der Waals surface area contributed by atoms with Crippen LogP contribution in [0, 0.1) is 23.2 Å².